The van der Waals surface area contributed by atoms with Gasteiger partial charge < -0.3 is 15.8 Å². The van der Waals surface area contributed by atoms with Crippen LogP contribution < -0.4 is 11.1 Å². The Morgan fingerprint density at radius 3 is 2.80 bits per heavy atom. The Morgan fingerprint density at radius 1 is 1.40 bits per heavy atom. The maximum absolute atomic E-state index is 13.7. The highest BCUT2D eigenvalue weighted by Crippen LogP contribution is 2.20. The highest BCUT2D eigenvalue weighted by molar-refractivity contribution is 5.92. The molecule has 0 heterocycles. The van der Waals surface area contributed by atoms with Gasteiger partial charge in [-0.25, -0.2) is 4.39 Å². The third-order valence-corrected chi connectivity index (χ3v) is 3.59. The quantitative estimate of drug-likeness (QED) is 0.751. The van der Waals surface area contributed by atoms with E-state index in [4.69, 9.17) is 10.5 Å². The maximum Gasteiger partial charge on any atom is 0.248 e. The third-order valence-electron chi connectivity index (χ3n) is 3.59. The van der Waals surface area contributed by atoms with Gasteiger partial charge in [-0.15, -0.1) is 0 Å². The highest BCUT2D eigenvalue weighted by Gasteiger charge is 2.14. The molecule has 0 aromatic heterocycles. The minimum Gasteiger partial charge on any atom is -0.377 e. The summed E-state index contributed by atoms with van der Waals surface area (Å²) in [6, 6.07) is 4.30. The zero-order valence-corrected chi connectivity index (χ0v) is 11.5. The fourth-order valence-electron chi connectivity index (χ4n) is 2.42. The minimum atomic E-state index is -0.617. The third kappa shape index (κ3) is 4.28. The van der Waals surface area contributed by atoms with Crippen molar-refractivity contribution in [1.29, 1.82) is 0 Å². The predicted molar refractivity (Wildman–Crippen MR) is 74.8 cm³/mol. The van der Waals surface area contributed by atoms with Crippen LogP contribution in [0.25, 0.3) is 0 Å². The van der Waals surface area contributed by atoms with E-state index in [1.165, 1.54) is 25.0 Å². The van der Waals surface area contributed by atoms with Crippen molar-refractivity contribution in [2.45, 2.75) is 38.3 Å². The number of amides is 1. The van der Waals surface area contributed by atoms with Gasteiger partial charge in [0.15, 0.2) is 0 Å². The van der Waals surface area contributed by atoms with Gasteiger partial charge in [-0.05, 0) is 25.0 Å². The van der Waals surface area contributed by atoms with Gasteiger partial charge >= 0.3 is 0 Å². The second-order valence-corrected chi connectivity index (χ2v) is 5.12. The van der Waals surface area contributed by atoms with Crippen molar-refractivity contribution >= 4 is 5.91 Å². The first-order valence-corrected chi connectivity index (χ1v) is 7.07. The molecule has 0 atom stereocenters. The molecule has 0 radical (unpaired) electrons. The number of rotatable bonds is 7. The van der Waals surface area contributed by atoms with E-state index in [0.717, 1.165) is 12.8 Å². The van der Waals surface area contributed by atoms with Crippen LogP contribution in [0.15, 0.2) is 18.2 Å². The van der Waals surface area contributed by atoms with Gasteiger partial charge in [-0.2, -0.15) is 0 Å². The summed E-state index contributed by atoms with van der Waals surface area (Å²) in [6.07, 6.45) is 5.24. The molecule has 0 unspecified atom stereocenters. The van der Waals surface area contributed by atoms with Crippen molar-refractivity contribution in [1.82, 2.24) is 5.32 Å². The molecule has 110 valence electrons. The molecule has 2 rings (SSSR count). The summed E-state index contributed by atoms with van der Waals surface area (Å²) < 4.78 is 19.4. The number of benzene rings is 1. The van der Waals surface area contributed by atoms with Crippen LogP contribution in [0.4, 0.5) is 4.39 Å². The molecule has 1 aliphatic carbocycles. The van der Waals surface area contributed by atoms with Gasteiger partial charge in [0.25, 0.3) is 0 Å². The van der Waals surface area contributed by atoms with Gasteiger partial charge in [0, 0.05) is 24.2 Å². The van der Waals surface area contributed by atoms with Crippen LogP contribution in [0.2, 0.25) is 0 Å². The normalized spacial score (nSPS) is 15.7. The van der Waals surface area contributed by atoms with Crippen molar-refractivity contribution in [3.63, 3.8) is 0 Å². The SMILES string of the molecule is NC(=O)c1ccc(CNCCOC2CCCC2)c(F)c1. The molecule has 1 fully saturated rings. The number of carbonyl (C=O) groups is 1. The molecule has 4 nitrogen and oxygen atoms in total. The molecule has 0 spiro atoms. The molecule has 1 aromatic carbocycles. The molecule has 1 aliphatic rings. The first-order chi connectivity index (χ1) is 9.66. The van der Waals surface area contributed by atoms with Crippen LogP contribution in [0.3, 0.4) is 0 Å². The van der Waals surface area contributed by atoms with E-state index >= 15 is 0 Å². The lowest BCUT2D eigenvalue weighted by atomic mass is 10.1. The van der Waals surface area contributed by atoms with Crippen LogP contribution >= 0.6 is 0 Å². The highest BCUT2D eigenvalue weighted by atomic mass is 19.1. The summed E-state index contributed by atoms with van der Waals surface area (Å²) >= 11 is 0. The van der Waals surface area contributed by atoms with E-state index in [0.29, 0.717) is 31.4 Å². The van der Waals surface area contributed by atoms with E-state index < -0.39 is 11.7 Å². The van der Waals surface area contributed by atoms with Gasteiger partial charge in [0.2, 0.25) is 5.91 Å². The molecule has 5 heteroatoms. The van der Waals surface area contributed by atoms with Crippen LogP contribution in [0, 0.1) is 5.82 Å². The number of hydrogen-bond acceptors (Lipinski definition) is 3. The summed E-state index contributed by atoms with van der Waals surface area (Å²) in [6.45, 7) is 1.75. The van der Waals surface area contributed by atoms with Crippen molar-refractivity contribution in [3.8, 4) is 0 Å². The molecule has 0 aliphatic heterocycles. The fraction of sp³-hybridized carbons (Fsp3) is 0.533. The molecule has 0 bridgehead atoms. The number of halogens is 1. The molecule has 20 heavy (non-hydrogen) atoms. The Morgan fingerprint density at radius 2 is 2.15 bits per heavy atom. The zero-order chi connectivity index (χ0) is 14.4. The Bertz CT molecular complexity index is 459. The first-order valence-electron chi connectivity index (χ1n) is 7.07. The monoisotopic (exact) mass is 280 g/mol. The average molecular weight is 280 g/mol. The van der Waals surface area contributed by atoms with E-state index in [1.54, 1.807) is 6.07 Å². The molecule has 1 amide bonds. The Kier molecular flexibility index (Phi) is 5.49. The smallest absolute Gasteiger partial charge is 0.248 e. The molecular formula is C15H21FN2O2. The summed E-state index contributed by atoms with van der Waals surface area (Å²) in [5.41, 5.74) is 5.81. The van der Waals surface area contributed by atoms with E-state index in [2.05, 4.69) is 5.32 Å². The molecule has 1 aromatic rings. The number of nitrogens with one attached hydrogen (secondary N) is 1. The lowest BCUT2D eigenvalue weighted by Gasteiger charge is -2.11. The summed E-state index contributed by atoms with van der Waals surface area (Å²) in [5, 5.41) is 3.13. The lowest BCUT2D eigenvalue weighted by Crippen LogP contribution is -2.22. The predicted octanol–water partition coefficient (Wildman–Crippen LogP) is 1.97. The van der Waals surface area contributed by atoms with Crippen molar-refractivity contribution in [2.75, 3.05) is 13.2 Å². The summed E-state index contributed by atoms with van der Waals surface area (Å²) in [4.78, 5) is 10.9. The number of ether oxygens (including phenoxy) is 1. The molecule has 3 N–H and O–H groups in total. The minimum absolute atomic E-state index is 0.191. The van der Waals surface area contributed by atoms with Gasteiger partial charge in [0.1, 0.15) is 5.82 Å². The van der Waals surface area contributed by atoms with Gasteiger partial charge in [0.05, 0.1) is 12.7 Å². The van der Waals surface area contributed by atoms with E-state index in [-0.39, 0.29) is 5.56 Å². The van der Waals surface area contributed by atoms with Crippen LogP contribution in [0.1, 0.15) is 41.6 Å². The number of primary amides is 1. The van der Waals surface area contributed by atoms with Crippen LogP contribution in [0.5, 0.6) is 0 Å². The largest absolute Gasteiger partial charge is 0.377 e. The number of hydrogen-bond donors (Lipinski definition) is 2. The summed E-state index contributed by atoms with van der Waals surface area (Å²) in [5.74, 6) is -1.03. The van der Waals surface area contributed by atoms with Crippen molar-refractivity contribution < 1.29 is 13.9 Å². The maximum atomic E-state index is 13.7. The molecule has 0 saturated heterocycles. The van der Waals surface area contributed by atoms with Gasteiger partial charge in [-0.3, -0.25) is 4.79 Å². The Hall–Kier alpha value is -1.46. The van der Waals surface area contributed by atoms with E-state index in [1.807, 2.05) is 0 Å². The first kappa shape index (κ1) is 14.9. The lowest BCUT2D eigenvalue weighted by molar-refractivity contribution is 0.0602. The average Bonchev–Trinajstić information content (AvgIpc) is 2.93. The van der Waals surface area contributed by atoms with E-state index in [9.17, 15) is 9.18 Å². The fourth-order valence-corrected chi connectivity index (χ4v) is 2.42. The van der Waals surface area contributed by atoms with Crippen molar-refractivity contribution in [2.24, 2.45) is 5.73 Å². The second-order valence-electron chi connectivity index (χ2n) is 5.12. The summed E-state index contributed by atoms with van der Waals surface area (Å²) in [7, 11) is 0. The zero-order valence-electron chi connectivity index (χ0n) is 11.5. The number of nitrogens with two attached hydrogens (primary N) is 1. The second kappa shape index (κ2) is 7.36. The topological polar surface area (TPSA) is 64.4 Å². The molecule has 1 saturated carbocycles. The van der Waals surface area contributed by atoms with Crippen LogP contribution in [-0.4, -0.2) is 25.2 Å². The van der Waals surface area contributed by atoms with Crippen LogP contribution in [-0.2, 0) is 11.3 Å². The molecular weight excluding hydrogens is 259 g/mol. The Labute approximate surface area is 118 Å². The van der Waals surface area contributed by atoms with Gasteiger partial charge in [-0.1, -0.05) is 18.9 Å². The standard InChI is InChI=1S/C15H21FN2O2/c16-14-9-11(15(17)19)5-6-12(14)10-18-7-8-20-13-3-1-2-4-13/h5-6,9,13,18H,1-4,7-8,10H2,(H2,17,19). The van der Waals surface area contributed by atoms with Crippen molar-refractivity contribution in [3.05, 3.63) is 35.1 Å². The Balaban J connectivity index is 1.69. The number of carbonyl (C=O) groups excluding carboxylic acids is 1.